The third-order valence-corrected chi connectivity index (χ3v) is 2.84. The van der Waals surface area contributed by atoms with E-state index >= 15 is 0 Å². The van der Waals surface area contributed by atoms with Gasteiger partial charge in [-0.05, 0) is 31.3 Å². The lowest BCUT2D eigenvalue weighted by Crippen LogP contribution is -2.28. The van der Waals surface area contributed by atoms with Gasteiger partial charge in [0.15, 0.2) is 0 Å². The lowest BCUT2D eigenvalue weighted by molar-refractivity contribution is -0.119. The van der Waals surface area contributed by atoms with Crippen molar-refractivity contribution in [1.29, 1.82) is 0 Å². The van der Waals surface area contributed by atoms with Gasteiger partial charge < -0.3 is 10.6 Å². The summed E-state index contributed by atoms with van der Waals surface area (Å²) in [7, 11) is 1.84. The summed E-state index contributed by atoms with van der Waals surface area (Å²) < 4.78 is 1.76. The van der Waals surface area contributed by atoms with E-state index in [1.807, 2.05) is 50.5 Å². The van der Waals surface area contributed by atoms with Gasteiger partial charge in [0.2, 0.25) is 5.91 Å². The van der Waals surface area contributed by atoms with Gasteiger partial charge in [-0.15, -0.1) is 12.4 Å². The minimum absolute atomic E-state index is 0. The summed E-state index contributed by atoms with van der Waals surface area (Å²) in [6, 6.07) is 9.48. The number of aromatic nitrogens is 2. The highest BCUT2D eigenvalue weighted by molar-refractivity contribution is 5.92. The Morgan fingerprint density at radius 1 is 1.40 bits per heavy atom. The molecule has 0 bridgehead atoms. The maximum atomic E-state index is 11.9. The van der Waals surface area contributed by atoms with Gasteiger partial charge in [0.05, 0.1) is 5.69 Å². The van der Waals surface area contributed by atoms with Crippen LogP contribution in [-0.2, 0) is 4.79 Å². The number of hydrogen-bond acceptors (Lipinski definition) is 3. The Labute approximate surface area is 124 Å². The Kier molecular flexibility index (Phi) is 6.21. The predicted octanol–water partition coefficient (Wildman–Crippen LogP) is 2.09. The van der Waals surface area contributed by atoms with Crippen LogP contribution >= 0.6 is 12.4 Å². The van der Waals surface area contributed by atoms with Gasteiger partial charge in [0, 0.05) is 30.5 Å². The molecule has 20 heavy (non-hydrogen) atoms. The maximum Gasteiger partial charge on any atom is 0.228 e. The van der Waals surface area contributed by atoms with Crippen molar-refractivity contribution < 1.29 is 4.79 Å². The SMILES string of the molecule is CNCC(C)C(=O)Nc1cccc(-n2cccn2)c1.Cl. The van der Waals surface area contributed by atoms with Crippen LogP contribution in [0.15, 0.2) is 42.7 Å². The van der Waals surface area contributed by atoms with Crippen LogP contribution in [0.4, 0.5) is 5.69 Å². The predicted molar refractivity (Wildman–Crippen MR) is 82.5 cm³/mol. The van der Waals surface area contributed by atoms with E-state index in [1.54, 1.807) is 10.9 Å². The van der Waals surface area contributed by atoms with Crippen LogP contribution in [0.3, 0.4) is 0 Å². The molecule has 0 fully saturated rings. The smallest absolute Gasteiger partial charge is 0.228 e. The molecule has 0 saturated heterocycles. The fraction of sp³-hybridized carbons (Fsp3) is 0.286. The Morgan fingerprint density at radius 3 is 2.85 bits per heavy atom. The summed E-state index contributed by atoms with van der Waals surface area (Å²) in [6.45, 7) is 2.55. The van der Waals surface area contributed by atoms with E-state index in [-0.39, 0.29) is 24.2 Å². The van der Waals surface area contributed by atoms with Gasteiger partial charge in [-0.25, -0.2) is 4.68 Å². The molecule has 6 heteroatoms. The summed E-state index contributed by atoms with van der Waals surface area (Å²) in [5.41, 5.74) is 1.70. The molecule has 108 valence electrons. The number of rotatable bonds is 5. The minimum Gasteiger partial charge on any atom is -0.326 e. The molecule has 2 rings (SSSR count). The highest BCUT2D eigenvalue weighted by Crippen LogP contribution is 2.14. The first kappa shape index (κ1) is 16.2. The number of benzene rings is 1. The summed E-state index contributed by atoms with van der Waals surface area (Å²) in [4.78, 5) is 11.9. The van der Waals surface area contributed by atoms with E-state index in [2.05, 4.69) is 15.7 Å². The molecule has 0 radical (unpaired) electrons. The highest BCUT2D eigenvalue weighted by atomic mass is 35.5. The third-order valence-electron chi connectivity index (χ3n) is 2.84. The van der Waals surface area contributed by atoms with Crippen molar-refractivity contribution in [1.82, 2.24) is 15.1 Å². The molecule has 1 heterocycles. The molecule has 0 aliphatic heterocycles. The summed E-state index contributed by atoms with van der Waals surface area (Å²) in [5.74, 6) is -0.0645. The van der Waals surface area contributed by atoms with Crippen LogP contribution in [-0.4, -0.2) is 29.3 Å². The fourth-order valence-corrected chi connectivity index (χ4v) is 1.81. The first-order valence-electron chi connectivity index (χ1n) is 6.26. The maximum absolute atomic E-state index is 11.9. The molecule has 5 nitrogen and oxygen atoms in total. The summed E-state index contributed by atoms with van der Waals surface area (Å²) in [6.07, 6.45) is 3.59. The lowest BCUT2D eigenvalue weighted by atomic mass is 10.1. The largest absolute Gasteiger partial charge is 0.326 e. The normalized spacial score (nSPS) is 11.5. The Bertz CT molecular complexity index is 542. The topological polar surface area (TPSA) is 59.0 Å². The number of hydrogen-bond donors (Lipinski definition) is 2. The van der Waals surface area contributed by atoms with E-state index in [4.69, 9.17) is 0 Å². The van der Waals surface area contributed by atoms with Crippen molar-refractivity contribution in [2.75, 3.05) is 18.9 Å². The number of carbonyl (C=O) groups is 1. The standard InChI is InChI=1S/C14H18N4O.ClH/c1-11(10-15-2)14(19)17-12-5-3-6-13(9-12)18-8-4-7-16-18;/h3-9,11,15H,10H2,1-2H3,(H,17,19);1H. The van der Waals surface area contributed by atoms with Crippen molar-refractivity contribution in [3.05, 3.63) is 42.7 Å². The summed E-state index contributed by atoms with van der Waals surface area (Å²) >= 11 is 0. The highest BCUT2D eigenvalue weighted by Gasteiger charge is 2.12. The van der Waals surface area contributed by atoms with E-state index in [0.29, 0.717) is 6.54 Å². The lowest BCUT2D eigenvalue weighted by Gasteiger charge is -2.12. The number of nitrogens with one attached hydrogen (secondary N) is 2. The molecule has 1 amide bonds. The van der Waals surface area contributed by atoms with Crippen LogP contribution in [0, 0.1) is 5.92 Å². The van der Waals surface area contributed by atoms with Crippen LogP contribution in [0.5, 0.6) is 0 Å². The fourth-order valence-electron chi connectivity index (χ4n) is 1.81. The van der Waals surface area contributed by atoms with Gasteiger partial charge in [-0.2, -0.15) is 5.10 Å². The average molecular weight is 295 g/mol. The molecule has 1 unspecified atom stereocenters. The molecule has 1 aromatic heterocycles. The number of anilines is 1. The average Bonchev–Trinajstić information content (AvgIpc) is 2.93. The molecule has 1 atom stereocenters. The third kappa shape index (κ3) is 4.08. The molecule has 1 aromatic carbocycles. The van der Waals surface area contributed by atoms with Crippen molar-refractivity contribution >= 4 is 24.0 Å². The van der Waals surface area contributed by atoms with Gasteiger partial charge in [0.25, 0.3) is 0 Å². The van der Waals surface area contributed by atoms with E-state index in [9.17, 15) is 4.79 Å². The zero-order valence-corrected chi connectivity index (χ0v) is 12.4. The molecular formula is C14H19ClN4O. The first-order chi connectivity index (χ1) is 9.20. The first-order valence-corrected chi connectivity index (χ1v) is 6.26. The molecule has 2 aromatic rings. The second-order valence-corrected chi connectivity index (χ2v) is 4.45. The van der Waals surface area contributed by atoms with Crippen LogP contribution in [0.25, 0.3) is 5.69 Å². The van der Waals surface area contributed by atoms with Crippen LogP contribution < -0.4 is 10.6 Å². The second kappa shape index (κ2) is 7.67. The van der Waals surface area contributed by atoms with Crippen molar-refractivity contribution in [2.45, 2.75) is 6.92 Å². The number of amides is 1. The number of halogens is 1. The monoisotopic (exact) mass is 294 g/mol. The molecule has 0 saturated carbocycles. The molecule has 0 aliphatic rings. The zero-order chi connectivity index (χ0) is 13.7. The van der Waals surface area contributed by atoms with Crippen LogP contribution in [0.2, 0.25) is 0 Å². The minimum atomic E-state index is -0.0710. The Balaban J connectivity index is 0.00000200. The van der Waals surface area contributed by atoms with E-state index in [1.165, 1.54) is 0 Å². The molecule has 0 spiro atoms. The van der Waals surface area contributed by atoms with Crippen molar-refractivity contribution in [3.63, 3.8) is 0 Å². The summed E-state index contributed by atoms with van der Waals surface area (Å²) in [5, 5.41) is 10.1. The van der Waals surface area contributed by atoms with Crippen molar-refractivity contribution in [3.8, 4) is 5.69 Å². The second-order valence-electron chi connectivity index (χ2n) is 4.45. The molecule has 0 aliphatic carbocycles. The van der Waals surface area contributed by atoms with Gasteiger partial charge in [-0.1, -0.05) is 13.0 Å². The van der Waals surface area contributed by atoms with Crippen LogP contribution in [0.1, 0.15) is 6.92 Å². The molecular weight excluding hydrogens is 276 g/mol. The number of carbonyl (C=O) groups excluding carboxylic acids is 1. The van der Waals surface area contributed by atoms with Crippen molar-refractivity contribution in [2.24, 2.45) is 5.92 Å². The quantitative estimate of drug-likeness (QED) is 0.888. The molecule has 2 N–H and O–H groups in total. The Hall–Kier alpha value is -1.85. The van der Waals surface area contributed by atoms with Gasteiger partial charge in [-0.3, -0.25) is 4.79 Å². The van der Waals surface area contributed by atoms with E-state index in [0.717, 1.165) is 11.4 Å². The zero-order valence-electron chi connectivity index (χ0n) is 11.5. The van der Waals surface area contributed by atoms with E-state index < -0.39 is 0 Å². The Morgan fingerprint density at radius 2 is 2.20 bits per heavy atom. The van der Waals surface area contributed by atoms with Gasteiger partial charge in [0.1, 0.15) is 0 Å². The number of nitrogens with zero attached hydrogens (tertiary/aromatic N) is 2. The van der Waals surface area contributed by atoms with Gasteiger partial charge >= 0.3 is 0 Å².